The van der Waals surface area contributed by atoms with E-state index in [-0.39, 0.29) is 37.8 Å². The van der Waals surface area contributed by atoms with E-state index >= 15 is 0 Å². The number of carboxylic acid groups (broad SMARTS) is 2. The molecule has 1 aliphatic heterocycles. The van der Waals surface area contributed by atoms with E-state index in [0.29, 0.717) is 41.4 Å². The lowest BCUT2D eigenvalue weighted by Gasteiger charge is -2.26. The van der Waals surface area contributed by atoms with Crippen molar-refractivity contribution < 1.29 is 38.9 Å². The van der Waals surface area contributed by atoms with Crippen molar-refractivity contribution in [1.29, 1.82) is 0 Å². The second kappa shape index (κ2) is 17.0. The van der Waals surface area contributed by atoms with Crippen molar-refractivity contribution >= 4 is 46.3 Å². The molecule has 0 radical (unpaired) electrons. The third kappa shape index (κ3) is 11.5. The molecule has 0 aliphatic carbocycles. The zero-order valence-corrected chi connectivity index (χ0v) is 24.2. The fourth-order valence-corrected chi connectivity index (χ4v) is 4.42. The number of aliphatic carboxylic acids is 2. The molecule has 230 valence electrons. The van der Waals surface area contributed by atoms with Crippen molar-refractivity contribution in [3.8, 4) is 0 Å². The molecular weight excluding hydrogens is 582 g/mol. The van der Waals surface area contributed by atoms with E-state index in [1.807, 2.05) is 18.2 Å². The van der Waals surface area contributed by atoms with Crippen LogP contribution in [0, 0.1) is 0 Å². The average molecular weight is 616 g/mol. The summed E-state index contributed by atoms with van der Waals surface area (Å²) in [6.07, 6.45) is 0.198. The van der Waals surface area contributed by atoms with Crippen molar-refractivity contribution in [2.45, 2.75) is 31.7 Å². The van der Waals surface area contributed by atoms with Crippen molar-refractivity contribution in [3.05, 3.63) is 81.1 Å². The number of amides is 1. The second-order valence-electron chi connectivity index (χ2n) is 9.70. The standard InChI is InChI=1S/C25H26ClN3O5.C5H8O4/c26-19-7-5-17(6-8-19)24(31)28-22(25(32)34-14-11-29-9-12-33-13-10-29)15-18-16-23(30)27-21-4-2-1-3-20(18)21;6-4(7)2-1-3-5(8)9/h1-8,16,22H,9-15H2,(H,27,30)(H,28,31);1-3H2,(H,6,7)(H,8,9). The number of halogens is 1. The molecule has 43 heavy (non-hydrogen) atoms. The molecule has 1 amide bonds. The summed E-state index contributed by atoms with van der Waals surface area (Å²) in [5.74, 6) is -2.88. The Morgan fingerprint density at radius 2 is 1.65 bits per heavy atom. The Morgan fingerprint density at radius 1 is 1.00 bits per heavy atom. The number of hydrogen-bond donors (Lipinski definition) is 4. The third-order valence-electron chi connectivity index (χ3n) is 6.49. The Bertz CT molecular complexity index is 1440. The molecule has 1 aromatic heterocycles. The summed E-state index contributed by atoms with van der Waals surface area (Å²) in [4.78, 5) is 62.6. The molecule has 1 aliphatic rings. The molecule has 1 atom stereocenters. The lowest BCUT2D eigenvalue weighted by atomic mass is 10.0. The maximum atomic E-state index is 13.0. The quantitative estimate of drug-likeness (QED) is 0.222. The Kier molecular flexibility index (Phi) is 13.1. The first-order chi connectivity index (χ1) is 20.6. The van der Waals surface area contributed by atoms with E-state index in [4.69, 9.17) is 31.3 Å². The number of nitrogens with zero attached hydrogens (tertiary/aromatic N) is 1. The third-order valence-corrected chi connectivity index (χ3v) is 6.75. The predicted octanol–water partition coefficient (Wildman–Crippen LogP) is 2.72. The van der Waals surface area contributed by atoms with Crippen LogP contribution in [-0.2, 0) is 30.3 Å². The number of fused-ring (bicyclic) bond motifs is 1. The van der Waals surface area contributed by atoms with Gasteiger partial charge in [-0.25, -0.2) is 4.79 Å². The van der Waals surface area contributed by atoms with Crippen molar-refractivity contribution in [3.63, 3.8) is 0 Å². The highest BCUT2D eigenvalue weighted by Gasteiger charge is 2.25. The zero-order valence-electron chi connectivity index (χ0n) is 23.4. The first-order valence-electron chi connectivity index (χ1n) is 13.7. The van der Waals surface area contributed by atoms with Crippen molar-refractivity contribution in [2.24, 2.45) is 0 Å². The van der Waals surface area contributed by atoms with Gasteiger partial charge in [0.2, 0.25) is 5.56 Å². The Balaban J connectivity index is 0.000000489. The summed E-state index contributed by atoms with van der Waals surface area (Å²) in [6.45, 7) is 3.66. The van der Waals surface area contributed by atoms with E-state index in [1.54, 1.807) is 30.3 Å². The summed E-state index contributed by atoms with van der Waals surface area (Å²) in [5.41, 5.74) is 1.39. The van der Waals surface area contributed by atoms with Crippen LogP contribution >= 0.6 is 11.6 Å². The van der Waals surface area contributed by atoms with Gasteiger partial charge < -0.3 is 30.0 Å². The van der Waals surface area contributed by atoms with Gasteiger partial charge in [0.25, 0.3) is 5.91 Å². The smallest absolute Gasteiger partial charge is 0.329 e. The van der Waals surface area contributed by atoms with Crippen LogP contribution < -0.4 is 10.9 Å². The number of hydrogen-bond acceptors (Lipinski definition) is 8. The van der Waals surface area contributed by atoms with Crippen LogP contribution in [0.25, 0.3) is 10.9 Å². The van der Waals surface area contributed by atoms with Gasteiger partial charge in [0.1, 0.15) is 12.6 Å². The summed E-state index contributed by atoms with van der Waals surface area (Å²) in [7, 11) is 0. The molecule has 13 heteroatoms. The molecule has 4 rings (SSSR count). The molecule has 0 bridgehead atoms. The summed E-state index contributed by atoms with van der Waals surface area (Å²) in [5, 5.41) is 20.1. The number of benzene rings is 2. The number of para-hydroxylation sites is 1. The first kappa shape index (κ1) is 33.2. The number of rotatable bonds is 12. The van der Waals surface area contributed by atoms with Crippen LogP contribution in [0.3, 0.4) is 0 Å². The number of esters is 1. The van der Waals surface area contributed by atoms with Gasteiger partial charge in [-0.2, -0.15) is 0 Å². The molecule has 2 heterocycles. The molecule has 3 aromatic rings. The second-order valence-corrected chi connectivity index (χ2v) is 10.1. The van der Waals surface area contributed by atoms with Gasteiger partial charge >= 0.3 is 17.9 Å². The molecule has 1 fully saturated rings. The lowest BCUT2D eigenvalue weighted by molar-refractivity contribution is -0.146. The highest BCUT2D eigenvalue weighted by Crippen LogP contribution is 2.17. The Labute approximate surface area is 252 Å². The highest BCUT2D eigenvalue weighted by atomic mass is 35.5. The molecule has 0 spiro atoms. The number of aromatic amines is 1. The highest BCUT2D eigenvalue weighted by molar-refractivity contribution is 6.30. The molecule has 1 unspecified atom stereocenters. The van der Waals surface area contributed by atoms with E-state index in [1.165, 1.54) is 6.07 Å². The topological polar surface area (TPSA) is 175 Å². The number of carbonyl (C=O) groups is 4. The van der Waals surface area contributed by atoms with Gasteiger partial charge in [0.05, 0.1) is 13.2 Å². The number of nitrogens with one attached hydrogen (secondary N) is 2. The fraction of sp³-hybridized carbons (Fsp3) is 0.367. The summed E-state index contributed by atoms with van der Waals surface area (Å²) >= 11 is 5.92. The van der Waals surface area contributed by atoms with Gasteiger partial charge in [-0.1, -0.05) is 29.8 Å². The van der Waals surface area contributed by atoms with Crippen LogP contribution in [0.15, 0.2) is 59.4 Å². The minimum Gasteiger partial charge on any atom is -0.481 e. The maximum absolute atomic E-state index is 13.0. The Hall–Kier alpha value is -4.26. The van der Waals surface area contributed by atoms with Crippen LogP contribution in [0.5, 0.6) is 0 Å². The fourth-order valence-electron chi connectivity index (χ4n) is 4.29. The molecule has 2 aromatic carbocycles. The molecular formula is C30H34ClN3O9. The molecule has 0 saturated carbocycles. The summed E-state index contributed by atoms with van der Waals surface area (Å²) < 4.78 is 10.9. The van der Waals surface area contributed by atoms with Gasteiger partial charge in [-0.15, -0.1) is 0 Å². The SMILES string of the molecule is O=C(NC(Cc1cc(=O)[nH]c2ccccc12)C(=O)OCCN1CCOCC1)c1ccc(Cl)cc1.O=C(O)CCCC(=O)O. The van der Waals surface area contributed by atoms with E-state index < -0.39 is 29.9 Å². The van der Waals surface area contributed by atoms with Gasteiger partial charge in [0.15, 0.2) is 0 Å². The number of carbonyl (C=O) groups excluding carboxylic acids is 2. The molecule has 1 saturated heterocycles. The number of morpholine rings is 1. The number of pyridine rings is 1. The normalized spacial score (nSPS) is 13.8. The lowest BCUT2D eigenvalue weighted by Crippen LogP contribution is -2.44. The van der Waals surface area contributed by atoms with Crippen LogP contribution in [0.1, 0.15) is 35.2 Å². The van der Waals surface area contributed by atoms with Crippen molar-refractivity contribution in [1.82, 2.24) is 15.2 Å². The van der Waals surface area contributed by atoms with Crippen LogP contribution in [-0.4, -0.2) is 89.4 Å². The summed E-state index contributed by atoms with van der Waals surface area (Å²) in [6, 6.07) is 14.2. The van der Waals surface area contributed by atoms with Gasteiger partial charge in [0, 0.05) is 66.5 Å². The van der Waals surface area contributed by atoms with Crippen LogP contribution in [0.4, 0.5) is 0 Å². The minimum absolute atomic E-state index is 0.0632. The number of aromatic nitrogens is 1. The van der Waals surface area contributed by atoms with Crippen LogP contribution in [0.2, 0.25) is 5.02 Å². The average Bonchev–Trinajstić information content (AvgIpc) is 2.97. The number of carboxylic acids is 2. The monoisotopic (exact) mass is 615 g/mol. The largest absolute Gasteiger partial charge is 0.481 e. The van der Waals surface area contributed by atoms with Crippen molar-refractivity contribution in [2.75, 3.05) is 39.5 Å². The maximum Gasteiger partial charge on any atom is 0.329 e. The van der Waals surface area contributed by atoms with Gasteiger partial charge in [-0.05, 0) is 42.3 Å². The number of ether oxygens (including phenoxy) is 2. The number of H-pyrrole nitrogens is 1. The first-order valence-corrected chi connectivity index (χ1v) is 14.1. The molecule has 12 nitrogen and oxygen atoms in total. The van der Waals surface area contributed by atoms with Gasteiger partial charge in [-0.3, -0.25) is 24.1 Å². The predicted molar refractivity (Wildman–Crippen MR) is 158 cm³/mol. The van der Waals surface area contributed by atoms with E-state index in [2.05, 4.69) is 15.2 Å². The Morgan fingerprint density at radius 3 is 2.30 bits per heavy atom. The zero-order chi connectivity index (χ0) is 31.2. The van der Waals surface area contributed by atoms with E-state index in [0.717, 1.165) is 18.5 Å². The minimum atomic E-state index is -0.974. The molecule has 4 N–H and O–H groups in total. The van der Waals surface area contributed by atoms with E-state index in [9.17, 15) is 24.0 Å².